The van der Waals surface area contributed by atoms with E-state index in [0.717, 1.165) is 12.4 Å². The lowest BCUT2D eigenvalue weighted by Gasteiger charge is -2.27. The first-order valence-corrected chi connectivity index (χ1v) is 11.9. The third kappa shape index (κ3) is 5.12. The molecule has 1 unspecified atom stereocenters. The van der Waals surface area contributed by atoms with Crippen molar-refractivity contribution >= 4 is 23.9 Å². The highest BCUT2D eigenvalue weighted by molar-refractivity contribution is 5.80. The number of rotatable bonds is 6. The highest BCUT2D eigenvalue weighted by Crippen LogP contribution is 2.41. The number of aromatic nitrogens is 3. The summed E-state index contributed by atoms with van der Waals surface area (Å²) in [5, 5.41) is 9.20. The number of aldehydes is 1. The van der Waals surface area contributed by atoms with Crippen LogP contribution in [0.4, 0.5) is 24.7 Å². The Kier molecular flexibility index (Phi) is 6.79. The van der Waals surface area contributed by atoms with Crippen LogP contribution in [0.25, 0.3) is 17.3 Å². The van der Waals surface area contributed by atoms with Crippen molar-refractivity contribution in [1.82, 2.24) is 25.6 Å². The van der Waals surface area contributed by atoms with E-state index in [0.29, 0.717) is 53.9 Å². The summed E-state index contributed by atoms with van der Waals surface area (Å²) in [6, 6.07) is 5.55. The average Bonchev–Trinajstić information content (AvgIpc) is 2.92. The third-order valence-corrected chi connectivity index (χ3v) is 6.58. The first-order chi connectivity index (χ1) is 17.9. The second kappa shape index (κ2) is 10.2. The number of nitrogens with one attached hydrogen (secondary N) is 3. The zero-order chi connectivity index (χ0) is 26.0. The number of ether oxygens (including phenoxy) is 1. The van der Waals surface area contributed by atoms with Gasteiger partial charge in [0.05, 0.1) is 18.4 Å². The van der Waals surface area contributed by atoms with Crippen LogP contribution in [0.5, 0.6) is 6.01 Å². The summed E-state index contributed by atoms with van der Waals surface area (Å²) in [6.07, 6.45) is 4.03. The van der Waals surface area contributed by atoms with Crippen LogP contribution in [0.3, 0.4) is 0 Å². The maximum absolute atomic E-state index is 14.1. The molecule has 2 aromatic heterocycles. The minimum absolute atomic E-state index is 0.162. The van der Waals surface area contributed by atoms with E-state index in [1.165, 1.54) is 7.11 Å². The zero-order valence-corrected chi connectivity index (χ0v) is 20.0. The third-order valence-electron chi connectivity index (χ3n) is 6.58. The summed E-state index contributed by atoms with van der Waals surface area (Å²) >= 11 is 0. The van der Waals surface area contributed by atoms with Gasteiger partial charge in [0.1, 0.15) is 18.1 Å². The van der Waals surface area contributed by atoms with Crippen LogP contribution < -0.4 is 20.7 Å². The number of benzene rings is 1. The maximum atomic E-state index is 14.1. The van der Waals surface area contributed by atoms with Gasteiger partial charge in [-0.25, -0.2) is 15.0 Å². The Hall–Kier alpha value is -3.99. The highest BCUT2D eigenvalue weighted by atomic mass is 19.4. The van der Waals surface area contributed by atoms with Gasteiger partial charge in [0, 0.05) is 29.2 Å². The first kappa shape index (κ1) is 24.7. The van der Waals surface area contributed by atoms with Gasteiger partial charge in [-0.3, -0.25) is 0 Å². The molecule has 0 spiro atoms. The van der Waals surface area contributed by atoms with Gasteiger partial charge >= 0.3 is 12.2 Å². The van der Waals surface area contributed by atoms with E-state index in [4.69, 9.17) is 4.74 Å². The van der Waals surface area contributed by atoms with E-state index in [9.17, 15) is 18.0 Å². The number of carbonyl (C=O) groups excluding carboxylic acids is 1. The smallest absolute Gasteiger partial charge is 0.416 e. The number of pyridine rings is 1. The summed E-state index contributed by atoms with van der Waals surface area (Å²) in [6.45, 7) is 1.38. The number of halogens is 3. The predicted octanol–water partition coefficient (Wildman–Crippen LogP) is 4.59. The molecule has 192 valence electrons. The normalized spacial score (nSPS) is 17.6. The summed E-state index contributed by atoms with van der Waals surface area (Å²) in [4.78, 5) is 24.7. The van der Waals surface area contributed by atoms with Crippen LogP contribution in [-0.4, -0.2) is 41.4 Å². The number of methoxy groups -OCH3 is 1. The van der Waals surface area contributed by atoms with Gasteiger partial charge in [0.2, 0.25) is 0 Å². The Balaban J connectivity index is 1.57. The van der Waals surface area contributed by atoms with E-state index >= 15 is 0 Å². The monoisotopic (exact) mass is 510 g/mol. The van der Waals surface area contributed by atoms with Crippen LogP contribution in [0.15, 0.2) is 42.9 Å². The fourth-order valence-electron chi connectivity index (χ4n) is 4.77. The van der Waals surface area contributed by atoms with Crippen LogP contribution in [0, 0.1) is 0 Å². The molecule has 11 heteroatoms. The molecule has 0 saturated carbocycles. The van der Waals surface area contributed by atoms with E-state index in [1.54, 1.807) is 42.9 Å². The molecule has 2 aliphatic heterocycles. The van der Waals surface area contributed by atoms with E-state index in [-0.39, 0.29) is 23.4 Å². The number of anilines is 2. The Morgan fingerprint density at radius 1 is 1.14 bits per heavy atom. The summed E-state index contributed by atoms with van der Waals surface area (Å²) in [5.41, 5.74) is 2.16. The van der Waals surface area contributed by atoms with Gasteiger partial charge in [-0.15, -0.1) is 0 Å². The maximum Gasteiger partial charge on any atom is 0.416 e. The highest BCUT2D eigenvalue weighted by Gasteiger charge is 2.36. The van der Waals surface area contributed by atoms with E-state index in [1.807, 2.05) is 0 Å². The van der Waals surface area contributed by atoms with Crippen molar-refractivity contribution in [1.29, 1.82) is 0 Å². The molecule has 0 radical (unpaired) electrons. The fraction of sp³-hybridized carbons (Fsp3) is 0.308. The lowest BCUT2D eigenvalue weighted by Crippen LogP contribution is -2.28. The van der Waals surface area contributed by atoms with E-state index < -0.39 is 17.8 Å². The average molecular weight is 511 g/mol. The molecule has 1 saturated heterocycles. The molecule has 3 N–H and O–H groups in total. The van der Waals surface area contributed by atoms with Gasteiger partial charge in [-0.1, -0.05) is 6.07 Å². The first-order valence-electron chi connectivity index (χ1n) is 11.9. The van der Waals surface area contributed by atoms with Crippen LogP contribution in [0.1, 0.15) is 47.1 Å². The number of carbonyl (C=O) groups is 1. The summed E-state index contributed by atoms with van der Waals surface area (Å²) < 4.78 is 47.3. The molecule has 0 bridgehead atoms. The van der Waals surface area contributed by atoms with Crippen LogP contribution in [-0.2, 0) is 11.0 Å². The standard InChI is InChI=1S/C26H25F3N6O2/c1-37-25-32-12-17(13-33-25)21-10-16-6-9-31-22(14-36)23(16)24(35-21)34-18-2-3-19(15-4-7-30-8-5-15)20(11-18)26(27,28)29/h2-3,6,9-15,22,30-31H,4-5,7-8H2,1H3,(H,34,35). The molecular weight excluding hydrogens is 485 g/mol. The van der Waals surface area contributed by atoms with Crippen molar-refractivity contribution in [3.8, 4) is 17.3 Å². The molecule has 1 atom stereocenters. The van der Waals surface area contributed by atoms with Crippen molar-refractivity contribution in [2.24, 2.45) is 0 Å². The van der Waals surface area contributed by atoms with Crippen molar-refractivity contribution in [3.05, 3.63) is 65.1 Å². The number of piperidine rings is 1. The van der Waals surface area contributed by atoms with Gasteiger partial charge in [-0.05, 0) is 73.5 Å². The Morgan fingerprint density at radius 3 is 2.57 bits per heavy atom. The second-order valence-electron chi connectivity index (χ2n) is 8.88. The molecule has 5 rings (SSSR count). The van der Waals surface area contributed by atoms with Gasteiger partial charge in [-0.2, -0.15) is 13.2 Å². The molecule has 1 fully saturated rings. The molecule has 4 heterocycles. The molecule has 0 aliphatic carbocycles. The van der Waals surface area contributed by atoms with Crippen LogP contribution in [0.2, 0.25) is 0 Å². The van der Waals surface area contributed by atoms with Crippen molar-refractivity contribution in [2.75, 3.05) is 25.5 Å². The van der Waals surface area contributed by atoms with Crippen LogP contribution >= 0.6 is 0 Å². The minimum atomic E-state index is -4.51. The lowest BCUT2D eigenvalue weighted by atomic mass is 9.86. The largest absolute Gasteiger partial charge is 0.467 e. The number of fused-ring (bicyclic) bond motifs is 1. The molecule has 0 amide bonds. The topological polar surface area (TPSA) is 101 Å². The quantitative estimate of drug-likeness (QED) is 0.414. The SMILES string of the molecule is COc1ncc(-c2cc3c(c(Nc4ccc(C5CCNCC5)c(C(F)(F)F)c4)n2)C(C=O)NC=C3)cn1. The van der Waals surface area contributed by atoms with Crippen molar-refractivity contribution < 1.29 is 22.7 Å². The lowest BCUT2D eigenvalue weighted by molar-refractivity contribution is -0.138. The summed E-state index contributed by atoms with van der Waals surface area (Å²) in [7, 11) is 1.46. The molecule has 3 aromatic rings. The second-order valence-corrected chi connectivity index (χ2v) is 8.88. The molecule has 1 aromatic carbocycles. The number of hydrogen-bond donors (Lipinski definition) is 3. The fourth-order valence-corrected chi connectivity index (χ4v) is 4.77. The minimum Gasteiger partial charge on any atom is -0.467 e. The van der Waals surface area contributed by atoms with Crippen molar-refractivity contribution in [3.63, 3.8) is 0 Å². The molecular formula is C26H25F3N6O2. The number of alkyl halides is 3. The van der Waals surface area contributed by atoms with Gasteiger partial charge < -0.3 is 25.5 Å². The number of hydrogen-bond acceptors (Lipinski definition) is 8. The Bertz CT molecular complexity index is 1320. The van der Waals surface area contributed by atoms with Gasteiger partial charge in [0.25, 0.3) is 0 Å². The van der Waals surface area contributed by atoms with Gasteiger partial charge in [0.15, 0.2) is 0 Å². The molecule has 37 heavy (non-hydrogen) atoms. The predicted molar refractivity (Wildman–Crippen MR) is 132 cm³/mol. The summed E-state index contributed by atoms with van der Waals surface area (Å²) in [5.74, 6) is 0.102. The number of nitrogens with zero attached hydrogens (tertiary/aromatic N) is 3. The van der Waals surface area contributed by atoms with Crippen molar-refractivity contribution in [2.45, 2.75) is 31.0 Å². The molecule has 2 aliphatic rings. The van der Waals surface area contributed by atoms with E-state index in [2.05, 4.69) is 30.9 Å². The Labute approximate surface area is 211 Å². The molecule has 8 nitrogen and oxygen atoms in total. The Morgan fingerprint density at radius 2 is 1.89 bits per heavy atom. The zero-order valence-electron chi connectivity index (χ0n) is 20.0.